The third-order valence-electron chi connectivity index (χ3n) is 9.16. The lowest BCUT2D eigenvalue weighted by molar-refractivity contribution is 0.591. The fraction of sp³-hybridized carbons (Fsp3) is 0.0909. The number of hydrogen-bond acceptors (Lipinski definition) is 0. The predicted octanol–water partition coefficient (Wildman–Crippen LogP) is 12.5. The van der Waals surface area contributed by atoms with E-state index < -0.39 is 0 Å². The molecule has 8 aromatic rings. The summed E-state index contributed by atoms with van der Waals surface area (Å²) in [5, 5.41) is 8.02. The van der Waals surface area contributed by atoms with Gasteiger partial charge in [0.15, 0.2) is 0 Å². The molecule has 0 fully saturated rings. The van der Waals surface area contributed by atoms with Gasteiger partial charge in [0.2, 0.25) is 0 Å². The molecule has 0 bridgehead atoms. The molecule has 210 valence electrons. The van der Waals surface area contributed by atoms with Crippen molar-refractivity contribution in [3.05, 3.63) is 157 Å². The zero-order valence-electron chi connectivity index (χ0n) is 25.4. The van der Waals surface area contributed by atoms with Gasteiger partial charge in [-0.3, -0.25) is 0 Å². The summed E-state index contributed by atoms with van der Waals surface area (Å²) in [6, 6.07) is 55.9. The molecule has 8 aromatic carbocycles. The normalized spacial score (nSPS) is 12.0. The van der Waals surface area contributed by atoms with Crippen molar-refractivity contribution in [1.82, 2.24) is 0 Å². The Labute approximate surface area is 259 Å². The predicted molar refractivity (Wildman–Crippen MR) is 191 cm³/mol. The lowest BCUT2D eigenvalue weighted by Crippen LogP contribution is -2.10. The Balaban J connectivity index is 1.07. The highest BCUT2D eigenvalue weighted by Crippen LogP contribution is 2.40. The Morgan fingerprint density at radius 1 is 0.295 bits per heavy atom. The molecule has 0 spiro atoms. The maximum Gasteiger partial charge on any atom is -0.00264 e. The van der Waals surface area contributed by atoms with E-state index in [4.69, 9.17) is 0 Å². The van der Waals surface area contributed by atoms with E-state index in [1.54, 1.807) is 0 Å². The van der Waals surface area contributed by atoms with E-state index in [9.17, 15) is 0 Å². The number of hydrogen-bond donors (Lipinski definition) is 0. The second-order valence-corrected chi connectivity index (χ2v) is 13.1. The van der Waals surface area contributed by atoms with Crippen molar-refractivity contribution in [2.45, 2.75) is 26.2 Å². The number of rotatable bonds is 4. The third-order valence-corrected chi connectivity index (χ3v) is 9.16. The Morgan fingerprint density at radius 3 is 0.932 bits per heavy atom. The molecule has 0 aliphatic carbocycles. The average Bonchev–Trinajstić information content (AvgIpc) is 3.07. The summed E-state index contributed by atoms with van der Waals surface area (Å²) in [6.45, 7) is 6.87. The minimum Gasteiger partial charge on any atom is -0.0622 e. The van der Waals surface area contributed by atoms with Crippen LogP contribution in [0.15, 0.2) is 152 Å². The van der Waals surface area contributed by atoms with Crippen LogP contribution in [0.5, 0.6) is 0 Å². The molecule has 0 saturated heterocycles. The van der Waals surface area contributed by atoms with Gasteiger partial charge in [-0.15, -0.1) is 0 Å². The second-order valence-electron chi connectivity index (χ2n) is 13.1. The fourth-order valence-electron chi connectivity index (χ4n) is 6.63. The Hall–Kier alpha value is -5.20. The van der Waals surface area contributed by atoms with Crippen LogP contribution in [0.25, 0.3) is 76.8 Å². The van der Waals surface area contributed by atoms with Crippen LogP contribution in [0.3, 0.4) is 0 Å². The molecule has 0 aliphatic rings. The fourth-order valence-corrected chi connectivity index (χ4v) is 6.63. The van der Waals surface area contributed by atoms with Crippen LogP contribution >= 0.6 is 0 Å². The summed E-state index contributed by atoms with van der Waals surface area (Å²) in [6.07, 6.45) is 0. The Kier molecular flexibility index (Phi) is 6.13. The van der Waals surface area contributed by atoms with Crippen molar-refractivity contribution in [2.24, 2.45) is 0 Å². The van der Waals surface area contributed by atoms with Crippen LogP contribution < -0.4 is 0 Å². The minimum absolute atomic E-state index is 0.126. The summed E-state index contributed by atoms with van der Waals surface area (Å²) in [5.41, 5.74) is 11.4. The molecule has 0 aromatic heterocycles. The van der Waals surface area contributed by atoms with E-state index in [1.165, 1.54) is 82.4 Å². The monoisotopic (exact) mass is 562 g/mol. The summed E-state index contributed by atoms with van der Waals surface area (Å²) in [7, 11) is 0. The van der Waals surface area contributed by atoms with Gasteiger partial charge >= 0.3 is 0 Å². The first kappa shape index (κ1) is 26.4. The molecule has 0 heteroatoms. The molecule has 8 rings (SSSR count). The molecule has 0 saturated carbocycles. The lowest BCUT2D eigenvalue weighted by Gasteiger charge is -2.21. The summed E-state index contributed by atoms with van der Waals surface area (Å²) in [4.78, 5) is 0. The lowest BCUT2D eigenvalue weighted by atomic mass is 9.83. The van der Waals surface area contributed by atoms with Crippen LogP contribution in [0.2, 0.25) is 0 Å². The van der Waals surface area contributed by atoms with Gasteiger partial charge in [0.1, 0.15) is 0 Å². The van der Waals surface area contributed by atoms with Gasteiger partial charge in [0.25, 0.3) is 0 Å². The van der Waals surface area contributed by atoms with Crippen LogP contribution in [-0.2, 0) is 5.41 Å². The third kappa shape index (κ3) is 4.64. The topological polar surface area (TPSA) is 0 Å². The SMILES string of the molecule is CC(C)(C)c1cc2ccc3cc(-c4ccc(-c5ccc(-c6ccc(-c7ccccc7)cc6)cc5)cc4)cc4ccc(c1)c2c34. The highest BCUT2D eigenvalue weighted by molar-refractivity contribution is 6.24. The molecule has 0 N–H and O–H groups in total. The summed E-state index contributed by atoms with van der Waals surface area (Å²) in [5.74, 6) is 0. The van der Waals surface area contributed by atoms with Gasteiger partial charge in [-0.1, -0.05) is 160 Å². The zero-order valence-corrected chi connectivity index (χ0v) is 25.4. The highest BCUT2D eigenvalue weighted by Gasteiger charge is 2.17. The van der Waals surface area contributed by atoms with Crippen LogP contribution in [0, 0.1) is 0 Å². The first-order valence-corrected chi connectivity index (χ1v) is 15.5. The van der Waals surface area contributed by atoms with Gasteiger partial charge in [0.05, 0.1) is 0 Å². The van der Waals surface area contributed by atoms with Crippen LogP contribution in [0.4, 0.5) is 0 Å². The van der Waals surface area contributed by atoms with Gasteiger partial charge in [0, 0.05) is 0 Å². The van der Waals surface area contributed by atoms with Crippen molar-refractivity contribution in [3.63, 3.8) is 0 Å². The van der Waals surface area contributed by atoms with E-state index in [-0.39, 0.29) is 5.41 Å². The maximum absolute atomic E-state index is 2.38. The van der Waals surface area contributed by atoms with Crippen molar-refractivity contribution in [3.8, 4) is 44.5 Å². The van der Waals surface area contributed by atoms with Crippen LogP contribution in [0.1, 0.15) is 26.3 Å². The maximum atomic E-state index is 2.38. The molecule has 0 nitrogen and oxygen atoms in total. The first-order chi connectivity index (χ1) is 21.4. The molecule has 0 unspecified atom stereocenters. The molecule has 44 heavy (non-hydrogen) atoms. The standard InChI is InChI=1S/C44H34/c1-44(2,3)41-27-38-23-21-36-25-40(26-37-22-24-39(28-41)43(38)42(36)37)35-19-17-34(18-20-35)33-15-13-32(14-16-33)31-11-9-30(10-12-31)29-7-5-4-6-8-29/h4-28H,1-3H3. The van der Waals surface area contributed by atoms with Gasteiger partial charge in [-0.25, -0.2) is 0 Å². The van der Waals surface area contributed by atoms with Crippen molar-refractivity contribution in [2.75, 3.05) is 0 Å². The van der Waals surface area contributed by atoms with E-state index in [2.05, 4.69) is 172 Å². The summed E-state index contributed by atoms with van der Waals surface area (Å²) >= 11 is 0. The van der Waals surface area contributed by atoms with E-state index in [0.29, 0.717) is 0 Å². The second kappa shape index (κ2) is 10.2. The molecular formula is C44H34. The molecule has 0 aliphatic heterocycles. The largest absolute Gasteiger partial charge is 0.0622 e. The number of benzene rings is 8. The Morgan fingerprint density at radius 2 is 0.591 bits per heavy atom. The van der Waals surface area contributed by atoms with Crippen molar-refractivity contribution in [1.29, 1.82) is 0 Å². The molecular weight excluding hydrogens is 528 g/mol. The first-order valence-electron chi connectivity index (χ1n) is 15.5. The highest BCUT2D eigenvalue weighted by atomic mass is 14.2. The van der Waals surface area contributed by atoms with Gasteiger partial charge in [-0.05, 0) is 99.9 Å². The average molecular weight is 563 g/mol. The van der Waals surface area contributed by atoms with E-state index in [0.717, 1.165) is 0 Å². The quantitative estimate of drug-likeness (QED) is 0.187. The summed E-state index contributed by atoms with van der Waals surface area (Å²) < 4.78 is 0. The van der Waals surface area contributed by atoms with Gasteiger partial charge in [-0.2, -0.15) is 0 Å². The van der Waals surface area contributed by atoms with Gasteiger partial charge < -0.3 is 0 Å². The smallest absolute Gasteiger partial charge is 0.00264 e. The molecule has 0 radical (unpaired) electrons. The minimum atomic E-state index is 0.126. The van der Waals surface area contributed by atoms with Crippen LogP contribution in [-0.4, -0.2) is 0 Å². The molecule has 0 atom stereocenters. The zero-order chi connectivity index (χ0) is 29.8. The van der Waals surface area contributed by atoms with E-state index in [1.807, 2.05) is 0 Å². The molecule has 0 heterocycles. The van der Waals surface area contributed by atoms with E-state index >= 15 is 0 Å². The molecule has 0 amide bonds. The van der Waals surface area contributed by atoms with Crippen molar-refractivity contribution < 1.29 is 0 Å². The Bertz CT molecular complexity index is 2180. The van der Waals surface area contributed by atoms with Crippen molar-refractivity contribution >= 4 is 32.3 Å².